The lowest BCUT2D eigenvalue weighted by atomic mass is 10.2. The highest BCUT2D eigenvalue weighted by Gasteiger charge is 2.04. The lowest BCUT2D eigenvalue weighted by Gasteiger charge is -2.07. The van der Waals surface area contributed by atoms with Crippen LogP contribution in [0.15, 0.2) is 48.5 Å². The maximum atomic E-state index is 7.33. The van der Waals surface area contributed by atoms with Crippen LogP contribution in [0, 0.1) is 5.41 Å². The van der Waals surface area contributed by atoms with Crippen LogP contribution in [0.2, 0.25) is 0 Å². The van der Waals surface area contributed by atoms with Gasteiger partial charge in [-0.15, -0.1) is 0 Å². The van der Waals surface area contributed by atoms with Gasteiger partial charge in [0.2, 0.25) is 0 Å². The first-order valence-corrected chi connectivity index (χ1v) is 7.59. The molecule has 0 aliphatic heterocycles. The van der Waals surface area contributed by atoms with Crippen molar-refractivity contribution in [2.45, 2.75) is 0 Å². The Morgan fingerprint density at radius 2 is 1.77 bits per heavy atom. The van der Waals surface area contributed by atoms with Crippen LogP contribution in [0.1, 0.15) is 5.56 Å². The van der Waals surface area contributed by atoms with E-state index in [1.807, 2.05) is 24.3 Å². The predicted molar refractivity (Wildman–Crippen MR) is 88.1 cm³/mol. The van der Waals surface area contributed by atoms with E-state index >= 15 is 0 Å². The molecular weight excluding hydrogens is 298 g/mol. The summed E-state index contributed by atoms with van der Waals surface area (Å²) < 4.78 is 12.3. The molecule has 0 unspecified atom stereocenters. The van der Waals surface area contributed by atoms with Gasteiger partial charge in [-0.3, -0.25) is 5.41 Å². The number of hydrogen-bond donors (Lipinski definition) is 2. The third-order valence-electron chi connectivity index (χ3n) is 3.02. The molecule has 0 fully saturated rings. The molecule has 1 heterocycles. The van der Waals surface area contributed by atoms with E-state index in [-0.39, 0.29) is 5.84 Å². The molecule has 22 heavy (non-hydrogen) atoms. The van der Waals surface area contributed by atoms with E-state index in [0.29, 0.717) is 24.0 Å². The van der Waals surface area contributed by atoms with Crippen LogP contribution in [-0.2, 0) is 0 Å². The minimum absolute atomic E-state index is 0.0470. The zero-order valence-electron chi connectivity index (χ0n) is 11.8. The lowest BCUT2D eigenvalue weighted by Crippen LogP contribution is -2.11. The molecule has 112 valence electrons. The minimum atomic E-state index is 0.0470. The Hall–Kier alpha value is -2.60. The Morgan fingerprint density at radius 3 is 2.50 bits per heavy atom. The number of nitrogens with zero attached hydrogens (tertiary/aromatic N) is 1. The molecule has 1 aromatic heterocycles. The molecule has 0 amide bonds. The zero-order chi connectivity index (χ0) is 15.4. The largest absolute Gasteiger partial charge is 0.490 e. The highest BCUT2D eigenvalue weighted by molar-refractivity contribution is 7.20. The summed E-state index contributed by atoms with van der Waals surface area (Å²) in [6.45, 7) is 0.851. The monoisotopic (exact) mass is 313 g/mol. The van der Waals surface area contributed by atoms with Crippen molar-refractivity contribution in [1.82, 2.24) is 4.98 Å². The summed E-state index contributed by atoms with van der Waals surface area (Å²) >= 11 is 1.52. The van der Waals surface area contributed by atoms with Crippen molar-refractivity contribution in [3.8, 4) is 10.9 Å². The van der Waals surface area contributed by atoms with Crippen LogP contribution in [0.25, 0.3) is 10.2 Å². The topological polar surface area (TPSA) is 81.2 Å². The van der Waals surface area contributed by atoms with Gasteiger partial charge in [0.1, 0.15) is 24.8 Å². The molecule has 0 radical (unpaired) electrons. The number of fused-ring (bicyclic) bond motifs is 1. The normalized spacial score (nSPS) is 10.5. The minimum Gasteiger partial charge on any atom is -0.490 e. The van der Waals surface area contributed by atoms with Crippen molar-refractivity contribution in [3.63, 3.8) is 0 Å². The van der Waals surface area contributed by atoms with Gasteiger partial charge < -0.3 is 15.2 Å². The third kappa shape index (κ3) is 3.35. The molecule has 2 aromatic carbocycles. The molecule has 6 heteroatoms. The Kier molecular flexibility index (Phi) is 4.20. The van der Waals surface area contributed by atoms with E-state index in [0.717, 1.165) is 16.0 Å². The molecule has 5 nitrogen and oxygen atoms in total. The van der Waals surface area contributed by atoms with E-state index in [9.17, 15) is 0 Å². The second-order valence-corrected chi connectivity index (χ2v) is 5.58. The Bertz CT molecular complexity index is 750. The molecule has 3 aromatic rings. The number of thiazole rings is 1. The number of nitrogens with two attached hydrogens (primary N) is 1. The number of para-hydroxylation sites is 1. The molecule has 0 bridgehead atoms. The molecule has 3 rings (SSSR count). The summed E-state index contributed by atoms with van der Waals surface area (Å²) in [6.07, 6.45) is 0. The fraction of sp³-hybridized carbons (Fsp3) is 0.125. The van der Waals surface area contributed by atoms with Crippen LogP contribution >= 0.6 is 11.3 Å². The molecule has 0 saturated carbocycles. The summed E-state index contributed by atoms with van der Waals surface area (Å²) in [5, 5.41) is 7.98. The van der Waals surface area contributed by atoms with Crippen molar-refractivity contribution in [3.05, 3.63) is 54.1 Å². The van der Waals surface area contributed by atoms with Crippen molar-refractivity contribution in [1.29, 1.82) is 5.41 Å². The number of hydrogen-bond acceptors (Lipinski definition) is 5. The molecule has 0 saturated heterocycles. The Morgan fingerprint density at radius 1 is 1.05 bits per heavy atom. The average molecular weight is 313 g/mol. The maximum Gasteiger partial charge on any atom is 0.274 e. The van der Waals surface area contributed by atoms with E-state index in [4.69, 9.17) is 20.6 Å². The van der Waals surface area contributed by atoms with Gasteiger partial charge in [0.05, 0.1) is 10.2 Å². The fourth-order valence-electron chi connectivity index (χ4n) is 1.93. The number of amidine groups is 1. The van der Waals surface area contributed by atoms with Crippen molar-refractivity contribution in [2.24, 2.45) is 5.73 Å². The number of nitrogen functional groups attached to an aromatic ring is 1. The lowest BCUT2D eigenvalue weighted by molar-refractivity contribution is 0.217. The third-order valence-corrected chi connectivity index (χ3v) is 3.97. The molecule has 3 N–H and O–H groups in total. The maximum absolute atomic E-state index is 7.33. The van der Waals surface area contributed by atoms with Gasteiger partial charge in [0, 0.05) is 5.56 Å². The summed E-state index contributed by atoms with van der Waals surface area (Å²) in [7, 11) is 0. The van der Waals surface area contributed by atoms with Crippen LogP contribution in [0.4, 0.5) is 0 Å². The van der Waals surface area contributed by atoms with Gasteiger partial charge >= 0.3 is 0 Å². The SMILES string of the molecule is N=C(N)c1ccc(OCCOc2nc3ccccc3s2)cc1. The van der Waals surface area contributed by atoms with Gasteiger partial charge in [0.25, 0.3) is 5.19 Å². The average Bonchev–Trinajstić information content (AvgIpc) is 2.95. The number of nitrogens with one attached hydrogen (secondary N) is 1. The second kappa shape index (κ2) is 6.44. The van der Waals surface area contributed by atoms with Gasteiger partial charge in [-0.1, -0.05) is 23.5 Å². The Balaban J connectivity index is 1.49. The van der Waals surface area contributed by atoms with E-state index in [1.54, 1.807) is 24.3 Å². The smallest absolute Gasteiger partial charge is 0.274 e. The highest BCUT2D eigenvalue weighted by Crippen LogP contribution is 2.27. The fourth-order valence-corrected chi connectivity index (χ4v) is 2.77. The molecule has 0 spiro atoms. The number of benzene rings is 2. The predicted octanol–water partition coefficient (Wildman–Crippen LogP) is 3.04. The summed E-state index contributed by atoms with van der Waals surface area (Å²) in [5.41, 5.74) is 7.02. The standard InChI is InChI=1S/C16H15N3O2S/c17-15(18)11-5-7-12(8-6-11)20-9-10-21-16-19-13-3-1-2-4-14(13)22-16/h1-8H,9-10H2,(H3,17,18). The second-order valence-electron chi connectivity index (χ2n) is 4.58. The summed E-state index contributed by atoms with van der Waals surface area (Å²) in [4.78, 5) is 4.39. The number of aromatic nitrogens is 1. The van der Waals surface area contributed by atoms with E-state index in [2.05, 4.69) is 4.98 Å². The van der Waals surface area contributed by atoms with Crippen molar-refractivity contribution < 1.29 is 9.47 Å². The van der Waals surface area contributed by atoms with Crippen molar-refractivity contribution in [2.75, 3.05) is 13.2 Å². The van der Waals surface area contributed by atoms with Gasteiger partial charge in [-0.05, 0) is 36.4 Å². The molecular formula is C16H15N3O2S. The first kappa shape index (κ1) is 14.3. The highest BCUT2D eigenvalue weighted by atomic mass is 32.1. The van der Waals surface area contributed by atoms with Crippen LogP contribution in [-0.4, -0.2) is 24.0 Å². The van der Waals surface area contributed by atoms with Crippen LogP contribution < -0.4 is 15.2 Å². The first-order chi connectivity index (χ1) is 10.7. The van der Waals surface area contributed by atoms with Crippen LogP contribution in [0.3, 0.4) is 0 Å². The summed E-state index contributed by atoms with van der Waals surface area (Å²) in [5.74, 6) is 0.767. The van der Waals surface area contributed by atoms with E-state index < -0.39 is 0 Å². The molecule has 0 aliphatic carbocycles. The van der Waals surface area contributed by atoms with Gasteiger partial charge in [-0.2, -0.15) is 0 Å². The number of ether oxygens (including phenoxy) is 2. The number of rotatable bonds is 6. The molecule has 0 aliphatic rings. The van der Waals surface area contributed by atoms with Gasteiger partial charge in [0.15, 0.2) is 0 Å². The molecule has 0 atom stereocenters. The summed E-state index contributed by atoms with van der Waals surface area (Å²) in [6, 6.07) is 15.0. The van der Waals surface area contributed by atoms with E-state index in [1.165, 1.54) is 11.3 Å². The first-order valence-electron chi connectivity index (χ1n) is 6.78. The van der Waals surface area contributed by atoms with Gasteiger partial charge in [-0.25, -0.2) is 4.98 Å². The van der Waals surface area contributed by atoms with Crippen LogP contribution in [0.5, 0.6) is 10.9 Å². The zero-order valence-corrected chi connectivity index (χ0v) is 12.6. The Labute approximate surface area is 131 Å². The quantitative estimate of drug-likeness (QED) is 0.416. The van der Waals surface area contributed by atoms with Crippen molar-refractivity contribution >= 4 is 27.4 Å².